The van der Waals surface area contributed by atoms with Crippen LogP contribution in [0.3, 0.4) is 0 Å². The predicted molar refractivity (Wildman–Crippen MR) is 69.6 cm³/mol. The Morgan fingerprint density at radius 3 is 2.60 bits per heavy atom. The van der Waals surface area contributed by atoms with Crippen LogP contribution in [0.4, 0.5) is 0 Å². The quantitative estimate of drug-likeness (QED) is 0.721. The Labute approximate surface area is 100 Å². The molecule has 1 saturated heterocycles. The second-order valence-corrected chi connectivity index (χ2v) is 5.86. The van der Waals surface area contributed by atoms with Crippen molar-refractivity contribution in [2.24, 2.45) is 5.41 Å². The normalized spacial score (nSPS) is 31.2. The van der Waals surface area contributed by atoms with E-state index in [9.17, 15) is 0 Å². The van der Waals surface area contributed by atoms with Gasteiger partial charge in [-0.15, -0.1) is 0 Å². The summed E-state index contributed by atoms with van der Waals surface area (Å²) in [4.78, 5) is 2.76. The van der Waals surface area contributed by atoms with Crippen LogP contribution in [0.2, 0.25) is 0 Å². The Morgan fingerprint density at radius 2 is 2.07 bits per heavy atom. The monoisotopic (exact) mass is 227 g/mol. The van der Waals surface area contributed by atoms with E-state index in [1.54, 1.807) is 0 Å². The van der Waals surface area contributed by atoms with E-state index in [0.29, 0.717) is 5.41 Å². The molecule has 1 aliphatic carbocycles. The highest BCUT2D eigenvalue weighted by atomic mass is 32.1. The van der Waals surface area contributed by atoms with Crippen LogP contribution in [0.5, 0.6) is 0 Å². The van der Waals surface area contributed by atoms with E-state index in [-0.39, 0.29) is 0 Å². The van der Waals surface area contributed by atoms with Crippen LogP contribution in [0.1, 0.15) is 51.9 Å². The summed E-state index contributed by atoms with van der Waals surface area (Å²) >= 11 is 4.56. The molecular formula is C13H25NS. The minimum atomic E-state index is 0.591. The Hall–Kier alpha value is 0.310. The second-order valence-electron chi connectivity index (χ2n) is 5.54. The predicted octanol–water partition coefficient (Wildman–Crippen LogP) is 3.35. The van der Waals surface area contributed by atoms with Gasteiger partial charge in [-0.05, 0) is 49.8 Å². The minimum absolute atomic E-state index is 0.591. The fourth-order valence-corrected chi connectivity index (χ4v) is 3.62. The average Bonchev–Trinajstić information content (AvgIpc) is 2.24. The summed E-state index contributed by atoms with van der Waals surface area (Å²) in [6, 6.07) is 0.871. The molecule has 1 nitrogen and oxygen atoms in total. The lowest BCUT2D eigenvalue weighted by molar-refractivity contribution is 0.0446. The zero-order chi connectivity index (χ0) is 10.7. The molecule has 1 heterocycles. The number of rotatable bonds is 4. The molecule has 2 rings (SSSR count). The molecule has 2 fully saturated rings. The van der Waals surface area contributed by atoms with Crippen molar-refractivity contribution in [2.45, 2.75) is 57.9 Å². The van der Waals surface area contributed by atoms with Crippen LogP contribution >= 0.6 is 12.6 Å². The summed E-state index contributed by atoms with van der Waals surface area (Å²) in [5.74, 6) is 1.10. The van der Waals surface area contributed by atoms with Gasteiger partial charge in [-0.25, -0.2) is 0 Å². The summed E-state index contributed by atoms with van der Waals surface area (Å²) in [7, 11) is 0. The van der Waals surface area contributed by atoms with E-state index in [0.717, 1.165) is 11.8 Å². The number of piperidine rings is 1. The van der Waals surface area contributed by atoms with Crippen molar-refractivity contribution in [1.82, 2.24) is 4.90 Å². The Balaban J connectivity index is 1.90. The van der Waals surface area contributed by atoms with E-state index in [1.807, 2.05) is 0 Å². The smallest absolute Gasteiger partial charge is 0.00928 e. The third kappa shape index (κ3) is 2.52. The molecule has 0 aromatic heterocycles. The van der Waals surface area contributed by atoms with E-state index >= 15 is 0 Å². The first kappa shape index (κ1) is 11.8. The lowest BCUT2D eigenvalue weighted by Gasteiger charge is -2.47. The van der Waals surface area contributed by atoms with E-state index in [1.165, 1.54) is 58.0 Å². The van der Waals surface area contributed by atoms with Gasteiger partial charge >= 0.3 is 0 Å². The molecule has 0 N–H and O–H groups in total. The molecule has 15 heavy (non-hydrogen) atoms. The second kappa shape index (κ2) is 5.09. The highest BCUT2D eigenvalue weighted by Crippen LogP contribution is 2.43. The fraction of sp³-hybridized carbons (Fsp3) is 1.00. The van der Waals surface area contributed by atoms with E-state index in [2.05, 4.69) is 24.5 Å². The lowest BCUT2D eigenvalue weighted by atomic mass is 9.69. The third-order valence-electron chi connectivity index (χ3n) is 4.51. The SMILES string of the molecule is CCC1CCCCN1CC1(CS)CCC1. The van der Waals surface area contributed by atoms with Gasteiger partial charge in [-0.2, -0.15) is 12.6 Å². The van der Waals surface area contributed by atoms with Crippen LogP contribution in [0.25, 0.3) is 0 Å². The van der Waals surface area contributed by atoms with Gasteiger partial charge in [0.15, 0.2) is 0 Å². The Morgan fingerprint density at radius 1 is 1.27 bits per heavy atom. The van der Waals surface area contributed by atoms with Gasteiger partial charge in [-0.3, -0.25) is 4.90 Å². The highest BCUT2D eigenvalue weighted by molar-refractivity contribution is 7.80. The van der Waals surface area contributed by atoms with Gasteiger partial charge in [0.25, 0.3) is 0 Å². The summed E-state index contributed by atoms with van der Waals surface area (Å²) in [6.45, 7) is 5.01. The summed E-state index contributed by atoms with van der Waals surface area (Å²) in [5.41, 5.74) is 0.591. The third-order valence-corrected chi connectivity index (χ3v) is 5.18. The summed E-state index contributed by atoms with van der Waals surface area (Å²) in [6.07, 6.45) is 9.90. The van der Waals surface area contributed by atoms with Gasteiger partial charge in [0.05, 0.1) is 0 Å². The van der Waals surface area contributed by atoms with Gasteiger partial charge < -0.3 is 0 Å². The molecule has 2 aliphatic rings. The maximum atomic E-state index is 4.56. The molecule has 0 aromatic rings. The Kier molecular flexibility index (Phi) is 4.00. The molecule has 1 atom stereocenters. The van der Waals surface area contributed by atoms with Crippen molar-refractivity contribution in [3.63, 3.8) is 0 Å². The first-order chi connectivity index (χ1) is 7.29. The molecule has 2 heteroatoms. The van der Waals surface area contributed by atoms with Crippen LogP contribution < -0.4 is 0 Å². The summed E-state index contributed by atoms with van der Waals surface area (Å²) in [5, 5.41) is 0. The molecule has 0 spiro atoms. The average molecular weight is 227 g/mol. The molecule has 0 amide bonds. The first-order valence-corrected chi connectivity index (χ1v) is 7.28. The van der Waals surface area contributed by atoms with Crippen molar-refractivity contribution in [1.29, 1.82) is 0 Å². The topological polar surface area (TPSA) is 3.24 Å². The molecule has 0 aromatic carbocycles. The molecule has 0 bridgehead atoms. The zero-order valence-corrected chi connectivity index (χ0v) is 10.9. The number of thiol groups is 1. The van der Waals surface area contributed by atoms with Crippen molar-refractivity contribution in [2.75, 3.05) is 18.8 Å². The molecule has 1 aliphatic heterocycles. The van der Waals surface area contributed by atoms with Crippen molar-refractivity contribution in [3.8, 4) is 0 Å². The number of likely N-dealkylation sites (tertiary alicyclic amines) is 1. The standard InChI is InChI=1S/C13H25NS/c1-2-12-6-3-4-9-14(12)10-13(11-15)7-5-8-13/h12,15H,2-11H2,1H3. The van der Waals surface area contributed by atoms with E-state index in [4.69, 9.17) is 0 Å². The minimum Gasteiger partial charge on any atom is -0.300 e. The van der Waals surface area contributed by atoms with Gasteiger partial charge in [-0.1, -0.05) is 19.8 Å². The first-order valence-electron chi connectivity index (χ1n) is 6.64. The number of nitrogens with zero attached hydrogens (tertiary/aromatic N) is 1. The molecule has 0 radical (unpaired) electrons. The fourth-order valence-electron chi connectivity index (χ4n) is 3.20. The number of hydrogen-bond donors (Lipinski definition) is 1. The maximum Gasteiger partial charge on any atom is 0.00928 e. The molecule has 1 saturated carbocycles. The molecular weight excluding hydrogens is 202 g/mol. The van der Waals surface area contributed by atoms with Crippen molar-refractivity contribution < 1.29 is 0 Å². The van der Waals surface area contributed by atoms with Crippen LogP contribution in [0, 0.1) is 5.41 Å². The van der Waals surface area contributed by atoms with Gasteiger partial charge in [0.1, 0.15) is 0 Å². The maximum absolute atomic E-state index is 4.56. The summed E-state index contributed by atoms with van der Waals surface area (Å²) < 4.78 is 0. The van der Waals surface area contributed by atoms with Crippen molar-refractivity contribution in [3.05, 3.63) is 0 Å². The van der Waals surface area contributed by atoms with Crippen molar-refractivity contribution >= 4 is 12.6 Å². The van der Waals surface area contributed by atoms with E-state index < -0.39 is 0 Å². The molecule has 1 unspecified atom stereocenters. The van der Waals surface area contributed by atoms with Crippen LogP contribution in [0.15, 0.2) is 0 Å². The highest BCUT2D eigenvalue weighted by Gasteiger charge is 2.38. The van der Waals surface area contributed by atoms with Gasteiger partial charge in [0.2, 0.25) is 0 Å². The zero-order valence-electron chi connectivity index (χ0n) is 10.0. The van der Waals surface area contributed by atoms with Gasteiger partial charge in [0, 0.05) is 12.6 Å². The largest absolute Gasteiger partial charge is 0.300 e. The van der Waals surface area contributed by atoms with Crippen LogP contribution in [-0.4, -0.2) is 29.8 Å². The Bertz CT molecular complexity index is 195. The lowest BCUT2D eigenvalue weighted by Crippen LogP contribution is -2.49. The molecule has 88 valence electrons. The van der Waals surface area contributed by atoms with Crippen LogP contribution in [-0.2, 0) is 0 Å². The number of hydrogen-bond acceptors (Lipinski definition) is 2.